The number of carbonyl (C=O) groups is 2. The topological polar surface area (TPSA) is 77.5 Å². The Balaban J connectivity index is 1.58. The summed E-state index contributed by atoms with van der Waals surface area (Å²) < 4.78 is 47.0. The summed E-state index contributed by atoms with van der Waals surface area (Å²) in [4.78, 5) is 37.1. The van der Waals surface area contributed by atoms with Crippen LogP contribution in [0.4, 0.5) is 18.0 Å². The van der Waals surface area contributed by atoms with Gasteiger partial charge in [-0.2, -0.15) is 13.2 Å². The van der Waals surface area contributed by atoms with Gasteiger partial charge in [-0.05, 0) is 87.5 Å². The molecule has 2 aliphatic rings. The number of urea groups is 1. The molecule has 2 heterocycles. The monoisotopic (exact) mass is 689 g/mol. The molecule has 0 aliphatic carbocycles. The minimum Gasteiger partial charge on any atom is -0.493 e. The van der Waals surface area contributed by atoms with Crippen molar-refractivity contribution in [1.29, 1.82) is 0 Å². The van der Waals surface area contributed by atoms with Crippen LogP contribution in [-0.4, -0.2) is 78.9 Å². The van der Waals surface area contributed by atoms with E-state index in [1.54, 1.807) is 45.9 Å². The quantitative estimate of drug-likeness (QED) is 0.271. The smallest absolute Gasteiger partial charge is 0.416 e. The van der Waals surface area contributed by atoms with Crippen LogP contribution in [0.3, 0.4) is 0 Å². The van der Waals surface area contributed by atoms with Gasteiger partial charge in [-0.1, -0.05) is 47.5 Å². The molecular formula is C34H36Cl2F3N5O3. The van der Waals surface area contributed by atoms with E-state index >= 15 is 0 Å². The lowest BCUT2D eigenvalue weighted by molar-refractivity contribution is -0.137. The van der Waals surface area contributed by atoms with Crippen LogP contribution in [0.25, 0.3) is 0 Å². The number of rotatable bonds is 8. The molecule has 3 amide bonds. The second-order valence-electron chi connectivity index (χ2n) is 11.8. The number of likely N-dealkylation sites (tertiary alicyclic amines) is 1. The van der Waals surface area contributed by atoms with Gasteiger partial charge in [0.05, 0.1) is 30.3 Å². The maximum Gasteiger partial charge on any atom is 0.416 e. The molecule has 0 bridgehead atoms. The average molecular weight is 691 g/mol. The first-order chi connectivity index (χ1) is 22.3. The van der Waals surface area contributed by atoms with Crippen LogP contribution in [0, 0.1) is 0 Å². The number of nitrogens with zero attached hydrogens (tertiary/aromatic N) is 4. The third-order valence-electron chi connectivity index (χ3n) is 8.14. The summed E-state index contributed by atoms with van der Waals surface area (Å²) in [6.07, 6.45) is -3.51. The van der Waals surface area contributed by atoms with Gasteiger partial charge in [0.1, 0.15) is 17.6 Å². The van der Waals surface area contributed by atoms with Crippen LogP contribution in [0.2, 0.25) is 10.0 Å². The SMILES string of the molecule is CCOc1cc(C(F)(F)F)ccc1C1=NC(c2ccc(Cl)cc2)C(c2ccc(Cl)cc2)N1C(=O)N1CCC(NC(=O)CN(C)C)CC1. The van der Waals surface area contributed by atoms with Gasteiger partial charge in [0.15, 0.2) is 0 Å². The number of halogens is 5. The molecule has 2 unspecified atom stereocenters. The molecule has 13 heteroatoms. The summed E-state index contributed by atoms with van der Waals surface area (Å²) in [6, 6.07) is 15.7. The minimum absolute atomic E-state index is 0.0344. The fraction of sp³-hybridized carbons (Fsp3) is 0.382. The van der Waals surface area contributed by atoms with Crippen LogP contribution >= 0.6 is 23.2 Å². The lowest BCUT2D eigenvalue weighted by atomic mass is 9.93. The zero-order valence-corrected chi connectivity index (χ0v) is 27.7. The predicted molar refractivity (Wildman–Crippen MR) is 176 cm³/mol. The highest BCUT2D eigenvalue weighted by molar-refractivity contribution is 6.30. The van der Waals surface area contributed by atoms with E-state index in [0.717, 1.165) is 23.3 Å². The lowest BCUT2D eigenvalue weighted by Crippen LogP contribution is -2.52. The number of benzene rings is 3. The molecule has 5 rings (SSSR count). The highest BCUT2D eigenvalue weighted by atomic mass is 35.5. The molecule has 0 spiro atoms. The standard InChI is InChI=1S/C34H36Cl2F3N5O3/c1-4-47-28-19-23(34(37,38)39)9-14-27(28)32-41-30(21-5-10-24(35)11-6-21)31(22-7-12-25(36)13-8-22)44(32)33(46)43-17-15-26(16-18-43)40-29(45)20-42(2)3/h5-14,19,26,30-31H,4,15-18,20H2,1-3H3,(H,40,45). The Morgan fingerprint density at radius 3 is 2.11 bits per heavy atom. The highest BCUT2D eigenvalue weighted by Crippen LogP contribution is 2.46. The average Bonchev–Trinajstić information content (AvgIpc) is 3.41. The van der Waals surface area contributed by atoms with Crippen LogP contribution in [0.15, 0.2) is 71.7 Å². The molecule has 2 atom stereocenters. The molecule has 8 nitrogen and oxygen atoms in total. The van der Waals surface area contributed by atoms with Gasteiger partial charge in [0, 0.05) is 29.2 Å². The fourth-order valence-electron chi connectivity index (χ4n) is 5.94. The van der Waals surface area contributed by atoms with Gasteiger partial charge in [0.25, 0.3) is 0 Å². The van der Waals surface area contributed by atoms with Gasteiger partial charge in [-0.25, -0.2) is 4.79 Å². The van der Waals surface area contributed by atoms with Crippen LogP contribution in [0.5, 0.6) is 5.75 Å². The molecule has 1 N–H and O–H groups in total. The maximum atomic E-state index is 14.6. The first kappa shape index (κ1) is 34.5. The van der Waals surface area contributed by atoms with Crippen molar-refractivity contribution in [2.75, 3.05) is 40.3 Å². The fourth-order valence-corrected chi connectivity index (χ4v) is 6.19. The zero-order valence-electron chi connectivity index (χ0n) is 26.2. The summed E-state index contributed by atoms with van der Waals surface area (Å²) in [5, 5.41) is 4.07. The van der Waals surface area contributed by atoms with Crippen molar-refractivity contribution < 1.29 is 27.5 Å². The molecule has 1 fully saturated rings. The number of likely N-dealkylation sites (N-methyl/N-ethyl adjacent to an activating group) is 1. The number of amides is 3. The van der Waals surface area contributed by atoms with Crippen LogP contribution in [0.1, 0.15) is 54.1 Å². The molecule has 3 aromatic rings. The highest BCUT2D eigenvalue weighted by Gasteiger charge is 2.45. The molecule has 1 saturated heterocycles. The number of ether oxygens (including phenoxy) is 1. The zero-order chi connectivity index (χ0) is 33.9. The molecule has 47 heavy (non-hydrogen) atoms. The van der Waals surface area contributed by atoms with E-state index < -0.39 is 23.8 Å². The molecule has 0 radical (unpaired) electrons. The second kappa shape index (κ2) is 14.5. The number of piperidine rings is 1. The summed E-state index contributed by atoms with van der Waals surface area (Å²) in [5.41, 5.74) is 0.879. The summed E-state index contributed by atoms with van der Waals surface area (Å²) in [6.45, 7) is 2.76. The Hall–Kier alpha value is -3.80. The van der Waals surface area contributed by atoms with Crippen molar-refractivity contribution in [3.63, 3.8) is 0 Å². The Labute approximate surface area is 282 Å². The maximum absolute atomic E-state index is 14.6. The number of hydrogen-bond donors (Lipinski definition) is 1. The molecular weight excluding hydrogens is 654 g/mol. The molecule has 0 saturated carbocycles. The molecule has 3 aromatic carbocycles. The van der Waals surface area contributed by atoms with E-state index in [1.165, 1.54) is 6.07 Å². The largest absolute Gasteiger partial charge is 0.493 e. The summed E-state index contributed by atoms with van der Waals surface area (Å²) in [7, 11) is 3.64. The van der Waals surface area contributed by atoms with E-state index in [-0.39, 0.29) is 48.3 Å². The number of alkyl halides is 3. The predicted octanol–water partition coefficient (Wildman–Crippen LogP) is 7.22. The van der Waals surface area contributed by atoms with Crippen molar-refractivity contribution >= 4 is 41.0 Å². The first-order valence-electron chi connectivity index (χ1n) is 15.3. The Bertz CT molecular complexity index is 1610. The normalized spacial score (nSPS) is 18.8. The molecule has 2 aliphatic heterocycles. The number of nitrogens with one attached hydrogen (secondary N) is 1. The van der Waals surface area contributed by atoms with E-state index in [4.69, 9.17) is 32.9 Å². The summed E-state index contributed by atoms with van der Waals surface area (Å²) >= 11 is 12.5. The number of amidine groups is 1. The van der Waals surface area contributed by atoms with Crippen LogP contribution in [-0.2, 0) is 11.0 Å². The van der Waals surface area contributed by atoms with Gasteiger partial charge in [-0.15, -0.1) is 0 Å². The molecule has 250 valence electrons. The van der Waals surface area contributed by atoms with Crippen molar-refractivity contribution in [3.05, 3.63) is 99.0 Å². The van der Waals surface area contributed by atoms with E-state index in [0.29, 0.717) is 36.0 Å². The Kier molecular flexibility index (Phi) is 10.7. The summed E-state index contributed by atoms with van der Waals surface area (Å²) in [5.74, 6) is 0.0642. The number of aliphatic imine (C=N–C) groups is 1. The van der Waals surface area contributed by atoms with E-state index in [9.17, 15) is 22.8 Å². The van der Waals surface area contributed by atoms with Crippen LogP contribution < -0.4 is 10.1 Å². The second-order valence-corrected chi connectivity index (χ2v) is 12.7. The van der Waals surface area contributed by atoms with Crippen molar-refractivity contribution in [2.45, 2.75) is 44.1 Å². The third kappa shape index (κ3) is 8.02. The lowest BCUT2D eigenvalue weighted by Gasteiger charge is -2.38. The van der Waals surface area contributed by atoms with Gasteiger partial charge < -0.3 is 19.9 Å². The van der Waals surface area contributed by atoms with Crippen molar-refractivity contribution in [1.82, 2.24) is 20.0 Å². The van der Waals surface area contributed by atoms with Gasteiger partial charge in [-0.3, -0.25) is 14.7 Å². The van der Waals surface area contributed by atoms with Gasteiger partial charge >= 0.3 is 12.2 Å². The number of carbonyl (C=O) groups excluding carboxylic acids is 2. The molecule has 0 aromatic heterocycles. The van der Waals surface area contributed by atoms with Gasteiger partial charge in [0.2, 0.25) is 5.91 Å². The third-order valence-corrected chi connectivity index (χ3v) is 8.64. The van der Waals surface area contributed by atoms with Crippen molar-refractivity contribution in [3.8, 4) is 5.75 Å². The minimum atomic E-state index is -4.60. The Morgan fingerprint density at radius 1 is 0.957 bits per heavy atom. The van der Waals surface area contributed by atoms with Crippen molar-refractivity contribution in [2.24, 2.45) is 4.99 Å². The van der Waals surface area contributed by atoms with E-state index in [1.807, 2.05) is 38.4 Å². The number of hydrogen-bond acceptors (Lipinski definition) is 5. The first-order valence-corrected chi connectivity index (χ1v) is 16.1. The Morgan fingerprint density at radius 2 is 1.55 bits per heavy atom. The van der Waals surface area contributed by atoms with E-state index in [2.05, 4.69) is 5.32 Å².